The van der Waals surface area contributed by atoms with E-state index in [0.717, 1.165) is 6.08 Å². The van der Waals surface area contributed by atoms with Crippen molar-refractivity contribution in [2.45, 2.75) is 26.4 Å². The predicted molar refractivity (Wildman–Crippen MR) is 69.2 cm³/mol. The molecule has 0 radical (unpaired) electrons. The molecule has 19 heavy (non-hydrogen) atoms. The Kier molecular flexibility index (Phi) is 9.61. The summed E-state index contributed by atoms with van der Waals surface area (Å²) in [7, 11) is -3.98. The van der Waals surface area contributed by atoms with E-state index in [9.17, 15) is 18.0 Å². The van der Waals surface area contributed by atoms with E-state index in [1.165, 1.54) is 13.8 Å². The highest BCUT2D eigenvalue weighted by molar-refractivity contribution is 7.85. The number of aliphatic carboxylic acids is 1. The Morgan fingerprint density at radius 2 is 1.84 bits per heavy atom. The second kappa shape index (κ2) is 9.29. The maximum Gasteiger partial charge on any atom is 0.330 e. The third-order valence-electron chi connectivity index (χ3n) is 1.63. The van der Waals surface area contributed by atoms with Crippen LogP contribution in [0.3, 0.4) is 0 Å². The fraction of sp³-hybridized carbons (Fsp3) is 0.455. The number of esters is 1. The highest BCUT2D eigenvalue weighted by Crippen LogP contribution is 2.00. The minimum Gasteiger partial charge on any atom is -0.478 e. The molecule has 0 aliphatic heterocycles. The molecular weight excluding hydrogens is 276 g/mol. The van der Waals surface area contributed by atoms with Gasteiger partial charge in [0.15, 0.2) is 0 Å². The van der Waals surface area contributed by atoms with Gasteiger partial charge in [0, 0.05) is 18.1 Å². The van der Waals surface area contributed by atoms with Gasteiger partial charge in [0.25, 0.3) is 10.1 Å². The lowest BCUT2D eigenvalue weighted by Crippen LogP contribution is -2.17. The molecule has 2 N–H and O–H groups in total. The minimum atomic E-state index is -3.98. The zero-order chi connectivity index (χ0) is 15.6. The second-order valence-corrected chi connectivity index (χ2v) is 5.18. The average molecular weight is 294 g/mol. The second-order valence-electron chi connectivity index (χ2n) is 3.61. The normalized spacial score (nSPS) is 11.5. The number of hydrogen-bond acceptors (Lipinski definition) is 5. The SMILES string of the molecule is C=C(C)C(=O)O.C=CC(=O)OC(C)CCS(=O)(=O)O. The largest absolute Gasteiger partial charge is 0.478 e. The standard InChI is InChI=1S/C7H12O5S.C4H6O2/c1-3-7(8)12-6(2)4-5-13(9,10)11;1-3(2)4(5)6/h3,6H,1,4-5H2,2H3,(H,9,10,11);1H2,2H3,(H,5,6). The van der Waals surface area contributed by atoms with Crippen molar-refractivity contribution in [1.82, 2.24) is 0 Å². The molecule has 1 atom stereocenters. The first-order valence-electron chi connectivity index (χ1n) is 5.16. The lowest BCUT2D eigenvalue weighted by atomic mass is 10.3. The van der Waals surface area contributed by atoms with Crippen LogP contribution in [-0.4, -0.2) is 41.9 Å². The fourth-order valence-corrected chi connectivity index (χ4v) is 1.25. The number of hydrogen-bond donors (Lipinski definition) is 2. The molecule has 0 saturated carbocycles. The van der Waals surface area contributed by atoms with E-state index in [-0.39, 0.29) is 12.0 Å². The first-order chi connectivity index (χ1) is 8.49. The van der Waals surface area contributed by atoms with Crippen molar-refractivity contribution < 1.29 is 32.4 Å². The van der Waals surface area contributed by atoms with Crippen LogP contribution < -0.4 is 0 Å². The Balaban J connectivity index is 0. The van der Waals surface area contributed by atoms with Gasteiger partial charge in [-0.25, -0.2) is 9.59 Å². The molecule has 7 nitrogen and oxygen atoms in total. The molecule has 0 aromatic heterocycles. The summed E-state index contributed by atoms with van der Waals surface area (Å²) < 4.78 is 33.6. The van der Waals surface area contributed by atoms with E-state index >= 15 is 0 Å². The van der Waals surface area contributed by atoms with Gasteiger partial charge < -0.3 is 9.84 Å². The molecule has 0 aliphatic carbocycles. The van der Waals surface area contributed by atoms with Crippen molar-refractivity contribution in [1.29, 1.82) is 0 Å². The van der Waals surface area contributed by atoms with Crippen molar-refractivity contribution in [2.75, 3.05) is 5.75 Å². The Morgan fingerprint density at radius 1 is 1.42 bits per heavy atom. The molecular formula is C11H18O7S. The molecule has 1 unspecified atom stereocenters. The molecule has 0 spiro atoms. The summed E-state index contributed by atoms with van der Waals surface area (Å²) in [5.41, 5.74) is 0.176. The first kappa shape index (κ1) is 19.7. The summed E-state index contributed by atoms with van der Waals surface area (Å²) >= 11 is 0. The van der Waals surface area contributed by atoms with Gasteiger partial charge in [0.05, 0.1) is 5.75 Å². The highest BCUT2D eigenvalue weighted by Gasteiger charge is 2.11. The van der Waals surface area contributed by atoms with Gasteiger partial charge in [-0.15, -0.1) is 0 Å². The number of carboxylic acid groups (broad SMARTS) is 1. The molecule has 0 aliphatic rings. The molecule has 0 bridgehead atoms. The highest BCUT2D eigenvalue weighted by atomic mass is 32.2. The van der Waals surface area contributed by atoms with Gasteiger partial charge in [0.2, 0.25) is 0 Å². The number of ether oxygens (including phenoxy) is 1. The topological polar surface area (TPSA) is 118 Å². The van der Waals surface area contributed by atoms with Crippen LogP contribution in [0.15, 0.2) is 24.8 Å². The smallest absolute Gasteiger partial charge is 0.330 e. The number of carbonyl (C=O) groups is 2. The van der Waals surface area contributed by atoms with Gasteiger partial charge in [-0.1, -0.05) is 13.2 Å². The van der Waals surface area contributed by atoms with Crippen molar-refractivity contribution in [2.24, 2.45) is 0 Å². The Hall–Kier alpha value is -1.67. The van der Waals surface area contributed by atoms with Crippen LogP contribution in [0.1, 0.15) is 20.3 Å². The molecule has 0 heterocycles. The Morgan fingerprint density at radius 3 is 2.11 bits per heavy atom. The molecule has 0 aromatic carbocycles. The van der Waals surface area contributed by atoms with Crippen LogP contribution in [0.4, 0.5) is 0 Å². The van der Waals surface area contributed by atoms with Crippen molar-refractivity contribution in [3.05, 3.63) is 24.8 Å². The maximum absolute atomic E-state index is 10.6. The molecule has 0 aromatic rings. The zero-order valence-electron chi connectivity index (χ0n) is 10.8. The number of carboxylic acids is 1. The summed E-state index contributed by atoms with van der Waals surface area (Å²) in [5, 5.41) is 7.89. The van der Waals surface area contributed by atoms with Crippen molar-refractivity contribution >= 4 is 22.1 Å². The molecule has 8 heteroatoms. The maximum atomic E-state index is 10.6. The van der Waals surface area contributed by atoms with E-state index in [1.54, 1.807) is 0 Å². The third kappa shape index (κ3) is 16.3. The summed E-state index contributed by atoms with van der Waals surface area (Å²) in [4.78, 5) is 20.2. The first-order valence-corrected chi connectivity index (χ1v) is 6.77. The fourth-order valence-electron chi connectivity index (χ4n) is 0.620. The van der Waals surface area contributed by atoms with Crippen LogP contribution in [0.2, 0.25) is 0 Å². The quantitative estimate of drug-likeness (QED) is 0.426. The van der Waals surface area contributed by atoms with Crippen LogP contribution in [-0.2, 0) is 24.4 Å². The molecule has 0 amide bonds. The zero-order valence-corrected chi connectivity index (χ0v) is 11.6. The summed E-state index contributed by atoms with van der Waals surface area (Å²) in [5.74, 6) is -1.96. The average Bonchev–Trinajstić information content (AvgIpc) is 2.26. The van der Waals surface area contributed by atoms with E-state index in [2.05, 4.69) is 17.9 Å². The molecule has 0 rings (SSSR count). The molecule has 110 valence electrons. The van der Waals surface area contributed by atoms with Crippen LogP contribution >= 0.6 is 0 Å². The number of rotatable bonds is 6. The monoisotopic (exact) mass is 294 g/mol. The third-order valence-corrected chi connectivity index (χ3v) is 2.38. The molecule has 0 saturated heterocycles. The Labute approximate surface area is 112 Å². The van der Waals surface area contributed by atoms with Gasteiger partial charge in [-0.3, -0.25) is 4.55 Å². The van der Waals surface area contributed by atoms with Crippen LogP contribution in [0, 0.1) is 0 Å². The van der Waals surface area contributed by atoms with E-state index in [0.29, 0.717) is 0 Å². The van der Waals surface area contributed by atoms with Crippen molar-refractivity contribution in [3.8, 4) is 0 Å². The van der Waals surface area contributed by atoms with E-state index < -0.39 is 33.9 Å². The summed E-state index contributed by atoms with van der Waals surface area (Å²) in [6, 6.07) is 0. The summed E-state index contributed by atoms with van der Waals surface area (Å²) in [6.45, 7) is 9.32. The summed E-state index contributed by atoms with van der Waals surface area (Å²) in [6.07, 6.45) is 0.509. The van der Waals surface area contributed by atoms with Crippen LogP contribution in [0.25, 0.3) is 0 Å². The van der Waals surface area contributed by atoms with E-state index in [4.69, 9.17) is 9.66 Å². The van der Waals surface area contributed by atoms with Gasteiger partial charge in [-0.2, -0.15) is 8.42 Å². The van der Waals surface area contributed by atoms with Gasteiger partial charge in [-0.05, 0) is 13.8 Å². The van der Waals surface area contributed by atoms with Gasteiger partial charge in [0.1, 0.15) is 6.10 Å². The molecule has 0 fully saturated rings. The number of carbonyl (C=O) groups excluding carboxylic acids is 1. The Bertz CT molecular complexity index is 424. The predicted octanol–water partition coefficient (Wildman–Crippen LogP) is 1.03. The van der Waals surface area contributed by atoms with Crippen molar-refractivity contribution in [3.63, 3.8) is 0 Å². The van der Waals surface area contributed by atoms with Gasteiger partial charge >= 0.3 is 11.9 Å². The van der Waals surface area contributed by atoms with E-state index in [1.807, 2.05) is 0 Å². The lowest BCUT2D eigenvalue weighted by molar-refractivity contribution is -0.142. The minimum absolute atomic E-state index is 0.0679. The van der Waals surface area contributed by atoms with Crippen LogP contribution in [0.5, 0.6) is 0 Å². The lowest BCUT2D eigenvalue weighted by Gasteiger charge is -2.09.